The van der Waals surface area contributed by atoms with Crippen LogP contribution in [0.3, 0.4) is 0 Å². The van der Waals surface area contributed by atoms with E-state index in [1.54, 1.807) is 12.3 Å². The Morgan fingerprint density at radius 1 is 1.42 bits per heavy atom. The van der Waals surface area contributed by atoms with Crippen molar-refractivity contribution in [2.75, 3.05) is 0 Å². The number of nitrogens with zero attached hydrogens (tertiary/aromatic N) is 2. The molecule has 0 radical (unpaired) electrons. The number of hydrogen-bond donors (Lipinski definition) is 1. The molecule has 0 bridgehead atoms. The third-order valence-electron chi connectivity index (χ3n) is 2.38. The normalized spacial score (nSPS) is 13.5. The molecule has 0 unspecified atom stereocenters. The Labute approximate surface area is 116 Å². The Morgan fingerprint density at radius 3 is 2.68 bits per heavy atom. The van der Waals surface area contributed by atoms with Crippen LogP contribution in [0.15, 0.2) is 29.6 Å². The minimum Gasteiger partial charge on any atom is -0.281 e. The highest BCUT2D eigenvalue weighted by atomic mass is 35.5. The lowest BCUT2D eigenvalue weighted by Crippen LogP contribution is -2.05. The molecule has 8 heteroatoms. The summed E-state index contributed by atoms with van der Waals surface area (Å²) in [6, 6.07) is 2.67. The molecule has 2 rings (SSSR count). The number of H-pyrrole nitrogens is 1. The second-order valence-electron chi connectivity index (χ2n) is 3.78. The molecule has 0 amide bonds. The van der Waals surface area contributed by atoms with Crippen LogP contribution in [0.5, 0.6) is 0 Å². The van der Waals surface area contributed by atoms with Gasteiger partial charge in [-0.3, -0.25) is 5.10 Å². The molecule has 19 heavy (non-hydrogen) atoms. The molecule has 0 saturated carbocycles. The number of aromatic amines is 1. The van der Waals surface area contributed by atoms with Gasteiger partial charge in [-0.05, 0) is 19.1 Å². The fraction of sp³-hybridized carbons (Fsp3) is 0.273. The zero-order valence-electron chi connectivity index (χ0n) is 9.70. The van der Waals surface area contributed by atoms with E-state index in [1.807, 2.05) is 6.92 Å². The Balaban J connectivity index is 2.18. The Kier molecular flexibility index (Phi) is 4.05. The Morgan fingerprint density at radius 2 is 2.16 bits per heavy atom. The monoisotopic (exact) mass is 307 g/mol. The molecule has 0 fully saturated rings. The Bertz CT molecular complexity index is 557. The average molecular weight is 308 g/mol. The molecule has 0 aliphatic rings. The second-order valence-corrected chi connectivity index (χ2v) is 5.52. The van der Waals surface area contributed by atoms with Gasteiger partial charge in [-0.1, -0.05) is 23.4 Å². The van der Waals surface area contributed by atoms with Crippen molar-refractivity contribution in [2.24, 2.45) is 0 Å². The van der Waals surface area contributed by atoms with Gasteiger partial charge in [-0.25, -0.2) is 4.98 Å². The molecule has 0 aromatic carbocycles. The second kappa shape index (κ2) is 5.42. The molecule has 102 valence electrons. The largest absolute Gasteiger partial charge is 0.417 e. The van der Waals surface area contributed by atoms with E-state index < -0.39 is 11.7 Å². The standard InChI is InChI=1S/C11H9ClF3N3S/c1-6(9-2-3-17-18-9)19-10-8(12)4-7(5-16-10)11(13,14)15/h2-6H,1H3,(H,17,18)/t6-/m1/s1. The van der Waals surface area contributed by atoms with Gasteiger partial charge in [-0.15, -0.1) is 0 Å². The SMILES string of the molecule is C[C@@H](Sc1ncc(C(F)(F)F)cc1Cl)c1ccn[nH]1. The van der Waals surface area contributed by atoms with Crippen molar-refractivity contribution in [3.05, 3.63) is 40.8 Å². The Hall–Kier alpha value is -1.21. The van der Waals surface area contributed by atoms with Crippen molar-refractivity contribution >= 4 is 23.4 Å². The molecule has 3 nitrogen and oxygen atoms in total. The number of halogens is 4. The summed E-state index contributed by atoms with van der Waals surface area (Å²) < 4.78 is 37.4. The van der Waals surface area contributed by atoms with Gasteiger partial charge in [0.2, 0.25) is 0 Å². The van der Waals surface area contributed by atoms with Gasteiger partial charge >= 0.3 is 6.18 Å². The molecule has 1 N–H and O–H groups in total. The van der Waals surface area contributed by atoms with Crippen LogP contribution in [0.4, 0.5) is 13.2 Å². The number of aromatic nitrogens is 3. The van der Waals surface area contributed by atoms with E-state index in [-0.39, 0.29) is 10.3 Å². The van der Waals surface area contributed by atoms with Gasteiger partial charge in [0.1, 0.15) is 5.03 Å². The zero-order chi connectivity index (χ0) is 14.0. The predicted octanol–water partition coefficient (Wildman–Crippen LogP) is 4.33. The third kappa shape index (κ3) is 3.42. The summed E-state index contributed by atoms with van der Waals surface area (Å²) in [5, 5.41) is 6.92. The summed E-state index contributed by atoms with van der Waals surface area (Å²) in [4.78, 5) is 3.77. The van der Waals surface area contributed by atoms with Crippen LogP contribution in [0.25, 0.3) is 0 Å². The topological polar surface area (TPSA) is 41.6 Å². The third-order valence-corrected chi connectivity index (χ3v) is 3.94. The van der Waals surface area contributed by atoms with Gasteiger partial charge in [0.15, 0.2) is 0 Å². The van der Waals surface area contributed by atoms with Gasteiger partial charge < -0.3 is 0 Å². The van der Waals surface area contributed by atoms with E-state index in [4.69, 9.17) is 11.6 Å². The summed E-state index contributed by atoms with van der Waals surface area (Å²) in [6.07, 6.45) is -2.04. The van der Waals surface area contributed by atoms with Gasteiger partial charge in [0.25, 0.3) is 0 Å². The number of thioether (sulfide) groups is 1. The number of pyridine rings is 1. The summed E-state index contributed by atoms with van der Waals surface area (Å²) in [5.74, 6) is 0. The van der Waals surface area contributed by atoms with E-state index in [9.17, 15) is 13.2 Å². The maximum atomic E-state index is 12.5. The molecule has 0 spiro atoms. The highest BCUT2D eigenvalue weighted by Gasteiger charge is 2.31. The lowest BCUT2D eigenvalue weighted by Gasteiger charge is -2.11. The van der Waals surface area contributed by atoms with E-state index in [2.05, 4.69) is 15.2 Å². The number of hydrogen-bond acceptors (Lipinski definition) is 3. The average Bonchev–Trinajstić information content (AvgIpc) is 2.84. The lowest BCUT2D eigenvalue weighted by atomic mass is 10.3. The molecule has 1 atom stereocenters. The first-order valence-electron chi connectivity index (χ1n) is 5.26. The van der Waals surface area contributed by atoms with Crippen molar-refractivity contribution in [1.82, 2.24) is 15.2 Å². The van der Waals surface area contributed by atoms with Crippen molar-refractivity contribution in [3.63, 3.8) is 0 Å². The van der Waals surface area contributed by atoms with Crippen molar-refractivity contribution in [1.29, 1.82) is 0 Å². The first-order chi connectivity index (χ1) is 8.88. The van der Waals surface area contributed by atoms with E-state index >= 15 is 0 Å². The zero-order valence-corrected chi connectivity index (χ0v) is 11.3. The molecule has 2 aromatic rings. The van der Waals surface area contributed by atoms with Crippen molar-refractivity contribution in [3.8, 4) is 0 Å². The molecule has 0 aliphatic carbocycles. The predicted molar refractivity (Wildman–Crippen MR) is 67.1 cm³/mol. The summed E-state index contributed by atoms with van der Waals surface area (Å²) in [5.41, 5.74) is -0.00110. The van der Waals surface area contributed by atoms with Gasteiger partial charge in [-0.2, -0.15) is 18.3 Å². The minimum atomic E-state index is -4.44. The van der Waals surface area contributed by atoms with E-state index in [0.29, 0.717) is 5.03 Å². The number of alkyl halides is 3. The summed E-state index contributed by atoms with van der Waals surface area (Å²) in [7, 11) is 0. The molecule has 2 aromatic heterocycles. The lowest BCUT2D eigenvalue weighted by molar-refractivity contribution is -0.137. The summed E-state index contributed by atoms with van der Waals surface area (Å²) in [6.45, 7) is 1.88. The summed E-state index contributed by atoms with van der Waals surface area (Å²) >= 11 is 7.10. The van der Waals surface area contributed by atoms with Crippen molar-refractivity contribution in [2.45, 2.75) is 23.4 Å². The molecule has 0 saturated heterocycles. The number of rotatable bonds is 3. The highest BCUT2D eigenvalue weighted by molar-refractivity contribution is 7.99. The van der Waals surface area contributed by atoms with Crippen LogP contribution >= 0.6 is 23.4 Å². The van der Waals surface area contributed by atoms with Crippen LogP contribution < -0.4 is 0 Å². The molecular weight excluding hydrogens is 299 g/mol. The maximum absolute atomic E-state index is 12.5. The van der Waals surface area contributed by atoms with Crippen LogP contribution in [-0.4, -0.2) is 15.2 Å². The highest BCUT2D eigenvalue weighted by Crippen LogP contribution is 2.38. The quantitative estimate of drug-likeness (QED) is 0.858. The van der Waals surface area contributed by atoms with Crippen LogP contribution in [0.1, 0.15) is 23.4 Å². The smallest absolute Gasteiger partial charge is 0.281 e. The fourth-order valence-corrected chi connectivity index (χ4v) is 2.57. The maximum Gasteiger partial charge on any atom is 0.417 e. The van der Waals surface area contributed by atoms with Gasteiger partial charge in [0.05, 0.1) is 10.6 Å². The van der Waals surface area contributed by atoms with E-state index in [1.165, 1.54) is 11.8 Å². The fourth-order valence-electron chi connectivity index (χ4n) is 1.39. The van der Waals surface area contributed by atoms with Crippen LogP contribution in [0.2, 0.25) is 5.02 Å². The molecule has 0 aliphatic heterocycles. The first-order valence-corrected chi connectivity index (χ1v) is 6.52. The van der Waals surface area contributed by atoms with E-state index in [0.717, 1.165) is 18.0 Å². The first kappa shape index (κ1) is 14.2. The minimum absolute atomic E-state index is 0.00816. The molecule has 2 heterocycles. The van der Waals surface area contributed by atoms with Crippen molar-refractivity contribution < 1.29 is 13.2 Å². The number of nitrogens with one attached hydrogen (secondary N) is 1. The molecular formula is C11H9ClF3N3S. The van der Waals surface area contributed by atoms with Crippen LogP contribution in [-0.2, 0) is 6.18 Å². The van der Waals surface area contributed by atoms with Gasteiger partial charge in [0, 0.05) is 23.3 Å². The van der Waals surface area contributed by atoms with Crippen LogP contribution in [0, 0.1) is 0 Å².